The summed E-state index contributed by atoms with van der Waals surface area (Å²) in [5, 5.41) is 10.9. The van der Waals surface area contributed by atoms with Crippen molar-refractivity contribution in [2.45, 2.75) is 32.3 Å². The van der Waals surface area contributed by atoms with Crippen LogP contribution in [0.15, 0.2) is 42.0 Å². The van der Waals surface area contributed by atoms with E-state index in [4.69, 9.17) is 0 Å². The number of hydrogen-bond donors (Lipinski definition) is 1. The third-order valence-corrected chi connectivity index (χ3v) is 3.60. The highest BCUT2D eigenvalue weighted by Crippen LogP contribution is 2.44. The molecule has 0 heterocycles. The van der Waals surface area contributed by atoms with Crippen molar-refractivity contribution in [2.75, 3.05) is 0 Å². The van der Waals surface area contributed by atoms with Crippen molar-refractivity contribution in [1.82, 2.24) is 0 Å². The first-order chi connectivity index (χ1) is 8.10. The molecule has 0 aromatic heterocycles. The van der Waals surface area contributed by atoms with Crippen molar-refractivity contribution in [3.63, 3.8) is 0 Å². The van der Waals surface area contributed by atoms with Crippen molar-refractivity contribution in [1.29, 1.82) is 0 Å². The van der Waals surface area contributed by atoms with Gasteiger partial charge in [0.2, 0.25) is 0 Å². The monoisotopic (exact) mass is 230 g/mol. The first kappa shape index (κ1) is 12.1. The summed E-state index contributed by atoms with van der Waals surface area (Å²) in [4.78, 5) is 11.9. The van der Waals surface area contributed by atoms with Crippen LogP contribution in [-0.4, -0.2) is 10.9 Å². The number of ketones is 1. The summed E-state index contributed by atoms with van der Waals surface area (Å²) in [6.45, 7) is 3.87. The Morgan fingerprint density at radius 1 is 1.29 bits per heavy atom. The van der Waals surface area contributed by atoms with Crippen LogP contribution in [0.3, 0.4) is 0 Å². The van der Waals surface area contributed by atoms with Gasteiger partial charge in [-0.2, -0.15) is 0 Å². The lowest BCUT2D eigenvalue weighted by molar-refractivity contribution is -0.123. The van der Waals surface area contributed by atoms with E-state index in [-0.39, 0.29) is 11.7 Å². The molecule has 0 fully saturated rings. The van der Waals surface area contributed by atoms with Gasteiger partial charge in [-0.25, -0.2) is 0 Å². The molecule has 0 saturated carbocycles. The molecular formula is C15H18O2. The van der Waals surface area contributed by atoms with Crippen LogP contribution in [0.5, 0.6) is 0 Å². The van der Waals surface area contributed by atoms with Gasteiger partial charge in [-0.05, 0) is 30.6 Å². The fourth-order valence-electron chi connectivity index (χ4n) is 2.67. The molecule has 17 heavy (non-hydrogen) atoms. The molecule has 2 heteroatoms. The molecule has 0 radical (unpaired) electrons. The minimum Gasteiger partial charge on any atom is -0.380 e. The number of carbonyl (C=O) groups excluding carboxylic acids is 1. The molecule has 0 aliphatic heterocycles. The van der Waals surface area contributed by atoms with Crippen LogP contribution in [0.2, 0.25) is 0 Å². The maximum atomic E-state index is 11.9. The van der Waals surface area contributed by atoms with Crippen molar-refractivity contribution in [3.8, 4) is 0 Å². The van der Waals surface area contributed by atoms with Gasteiger partial charge in [0.15, 0.2) is 5.78 Å². The molecule has 1 aliphatic rings. The minimum atomic E-state index is -1.10. The lowest BCUT2D eigenvalue weighted by Crippen LogP contribution is -2.35. The summed E-state index contributed by atoms with van der Waals surface area (Å²) < 4.78 is 0. The lowest BCUT2D eigenvalue weighted by Gasteiger charge is -2.31. The number of rotatable bonds is 3. The van der Waals surface area contributed by atoms with E-state index in [9.17, 15) is 9.90 Å². The molecule has 1 aromatic rings. The van der Waals surface area contributed by atoms with Gasteiger partial charge in [-0.1, -0.05) is 43.7 Å². The first-order valence-electron chi connectivity index (χ1n) is 6.11. The molecule has 0 saturated heterocycles. The highest BCUT2D eigenvalue weighted by molar-refractivity contribution is 5.97. The topological polar surface area (TPSA) is 37.3 Å². The Balaban J connectivity index is 2.46. The summed E-state index contributed by atoms with van der Waals surface area (Å²) in [5.41, 5.74) is 0.471. The highest BCUT2D eigenvalue weighted by Gasteiger charge is 2.47. The van der Waals surface area contributed by atoms with E-state index >= 15 is 0 Å². The Bertz CT molecular complexity index is 447. The van der Waals surface area contributed by atoms with E-state index in [2.05, 4.69) is 0 Å². The van der Waals surface area contributed by atoms with E-state index in [1.54, 1.807) is 6.08 Å². The second-order valence-electron chi connectivity index (χ2n) is 4.70. The fraction of sp³-hybridized carbons (Fsp3) is 0.400. The summed E-state index contributed by atoms with van der Waals surface area (Å²) in [5.74, 6) is -0.273. The Morgan fingerprint density at radius 3 is 2.53 bits per heavy atom. The summed E-state index contributed by atoms with van der Waals surface area (Å²) in [6.07, 6.45) is 3.21. The molecule has 1 aromatic carbocycles. The molecule has 2 nitrogen and oxygen atoms in total. The number of aliphatic hydroxyl groups is 1. The normalized spacial score (nSPS) is 28.3. The van der Waals surface area contributed by atoms with Gasteiger partial charge in [0.25, 0.3) is 0 Å². The van der Waals surface area contributed by atoms with Crippen molar-refractivity contribution in [2.24, 2.45) is 5.92 Å². The van der Waals surface area contributed by atoms with Crippen molar-refractivity contribution < 1.29 is 9.90 Å². The molecule has 0 bridgehead atoms. The number of hydrogen-bond acceptors (Lipinski definition) is 2. The van der Waals surface area contributed by atoms with Crippen LogP contribution >= 0.6 is 0 Å². The lowest BCUT2D eigenvalue weighted by atomic mass is 9.78. The van der Waals surface area contributed by atoms with E-state index in [0.717, 1.165) is 24.0 Å². The van der Waals surface area contributed by atoms with Gasteiger partial charge >= 0.3 is 0 Å². The zero-order chi connectivity index (χ0) is 12.5. The van der Waals surface area contributed by atoms with Crippen LogP contribution in [0.4, 0.5) is 0 Å². The van der Waals surface area contributed by atoms with Crippen LogP contribution < -0.4 is 0 Å². The number of benzene rings is 1. The van der Waals surface area contributed by atoms with Crippen molar-refractivity contribution in [3.05, 3.63) is 47.5 Å². The largest absolute Gasteiger partial charge is 0.380 e. The van der Waals surface area contributed by atoms with Gasteiger partial charge in [0, 0.05) is 0 Å². The smallest absolute Gasteiger partial charge is 0.162 e. The Morgan fingerprint density at radius 2 is 1.94 bits per heavy atom. The Hall–Kier alpha value is -1.41. The van der Waals surface area contributed by atoms with E-state index in [1.807, 2.05) is 44.2 Å². The maximum Gasteiger partial charge on any atom is 0.162 e. The van der Waals surface area contributed by atoms with Crippen LogP contribution in [0.25, 0.3) is 0 Å². The quantitative estimate of drug-likeness (QED) is 0.867. The third kappa shape index (κ3) is 1.83. The molecule has 0 spiro atoms. The van der Waals surface area contributed by atoms with E-state index in [1.165, 1.54) is 0 Å². The molecule has 2 unspecified atom stereocenters. The van der Waals surface area contributed by atoms with Crippen LogP contribution in [-0.2, 0) is 10.4 Å². The van der Waals surface area contributed by atoms with E-state index < -0.39 is 5.60 Å². The second-order valence-corrected chi connectivity index (χ2v) is 4.70. The van der Waals surface area contributed by atoms with Crippen LogP contribution in [0, 0.1) is 5.92 Å². The zero-order valence-corrected chi connectivity index (χ0v) is 10.3. The summed E-state index contributed by atoms with van der Waals surface area (Å²) in [7, 11) is 0. The van der Waals surface area contributed by atoms with Crippen LogP contribution in [0.1, 0.15) is 32.3 Å². The van der Waals surface area contributed by atoms with Gasteiger partial charge in [-0.3, -0.25) is 4.79 Å². The highest BCUT2D eigenvalue weighted by atomic mass is 16.3. The average Bonchev–Trinajstić information content (AvgIpc) is 2.55. The molecule has 1 N–H and O–H groups in total. The van der Waals surface area contributed by atoms with Gasteiger partial charge in [0.05, 0.1) is 5.92 Å². The molecular weight excluding hydrogens is 212 g/mol. The number of allylic oxidation sites excluding steroid dienone is 1. The zero-order valence-electron chi connectivity index (χ0n) is 10.3. The molecule has 2 atom stereocenters. The number of carbonyl (C=O) groups is 1. The molecule has 2 rings (SSSR count). The Labute approximate surface area is 102 Å². The van der Waals surface area contributed by atoms with Gasteiger partial charge in [0.1, 0.15) is 5.60 Å². The first-order valence-corrected chi connectivity index (χ1v) is 6.11. The van der Waals surface area contributed by atoms with E-state index in [0.29, 0.717) is 0 Å². The third-order valence-electron chi connectivity index (χ3n) is 3.60. The minimum absolute atomic E-state index is 0.0516. The van der Waals surface area contributed by atoms with Crippen molar-refractivity contribution >= 4 is 5.78 Å². The fourth-order valence-corrected chi connectivity index (χ4v) is 2.67. The van der Waals surface area contributed by atoms with Gasteiger partial charge in [-0.15, -0.1) is 0 Å². The summed E-state index contributed by atoms with van der Waals surface area (Å²) in [6, 6.07) is 9.48. The SMILES string of the molecule is CCCC1C(=O)C=C(C)C1(O)c1ccccc1. The molecule has 0 amide bonds. The maximum absolute atomic E-state index is 11.9. The summed E-state index contributed by atoms with van der Waals surface area (Å²) >= 11 is 0. The Kier molecular flexibility index (Phi) is 3.16. The van der Waals surface area contributed by atoms with Gasteiger partial charge < -0.3 is 5.11 Å². The molecule has 90 valence electrons. The second kappa shape index (κ2) is 4.46. The predicted molar refractivity (Wildman–Crippen MR) is 67.5 cm³/mol. The standard InChI is InChI=1S/C15H18O2/c1-3-7-13-14(16)10-11(2)15(13,17)12-8-5-4-6-9-12/h4-6,8-10,13,17H,3,7H2,1-2H3. The molecule has 1 aliphatic carbocycles. The average molecular weight is 230 g/mol. The predicted octanol–water partition coefficient (Wildman–Crippen LogP) is 2.82.